The van der Waals surface area contributed by atoms with Gasteiger partial charge in [-0.2, -0.15) is 0 Å². The van der Waals surface area contributed by atoms with E-state index in [1.165, 1.54) is 0 Å². The van der Waals surface area contributed by atoms with E-state index in [0.29, 0.717) is 24.7 Å². The molecule has 1 aromatic carbocycles. The first-order chi connectivity index (χ1) is 11.7. The van der Waals surface area contributed by atoms with E-state index < -0.39 is 17.7 Å². The number of halogens is 1. The maximum atomic E-state index is 12.2. The minimum Gasteiger partial charge on any atom is -0.478 e. The van der Waals surface area contributed by atoms with Crippen LogP contribution in [0.4, 0.5) is 0 Å². The zero-order valence-electron chi connectivity index (χ0n) is 15.2. The molecule has 1 heterocycles. The van der Waals surface area contributed by atoms with Gasteiger partial charge >= 0.3 is 5.97 Å². The third-order valence-corrected chi connectivity index (χ3v) is 3.81. The number of ether oxygens (including phenoxy) is 3. The van der Waals surface area contributed by atoms with Crippen molar-refractivity contribution >= 4 is 27.6 Å². The summed E-state index contributed by atoms with van der Waals surface area (Å²) in [7, 11) is 0. The summed E-state index contributed by atoms with van der Waals surface area (Å²) >= 11 is 3.45. The van der Waals surface area contributed by atoms with E-state index in [9.17, 15) is 4.79 Å². The quantitative estimate of drug-likeness (QED) is 0.665. The maximum absolute atomic E-state index is 12.2. The Morgan fingerprint density at radius 1 is 1.44 bits per heavy atom. The third kappa shape index (κ3) is 5.44. The van der Waals surface area contributed by atoms with Crippen molar-refractivity contribution in [2.24, 2.45) is 5.16 Å². The maximum Gasteiger partial charge on any atom is 0.347 e. The molecule has 0 aromatic heterocycles. The molecule has 0 bridgehead atoms. The Morgan fingerprint density at radius 3 is 2.80 bits per heavy atom. The summed E-state index contributed by atoms with van der Waals surface area (Å²) in [5, 5.41) is 4.09. The Kier molecular flexibility index (Phi) is 6.46. The smallest absolute Gasteiger partial charge is 0.347 e. The molecule has 0 fully saturated rings. The van der Waals surface area contributed by atoms with Gasteiger partial charge in [0.15, 0.2) is 6.10 Å². The number of rotatable bonds is 6. The topological polar surface area (TPSA) is 66.3 Å². The van der Waals surface area contributed by atoms with Crippen LogP contribution in [0.25, 0.3) is 0 Å². The van der Waals surface area contributed by atoms with E-state index in [-0.39, 0.29) is 6.10 Å². The Morgan fingerprint density at radius 2 is 2.16 bits per heavy atom. The molecule has 0 radical (unpaired) electrons. The number of esters is 1. The van der Waals surface area contributed by atoms with Gasteiger partial charge in [0.25, 0.3) is 0 Å². The molecule has 0 aliphatic carbocycles. The van der Waals surface area contributed by atoms with Crippen molar-refractivity contribution in [2.75, 3.05) is 13.2 Å². The molecular weight excluding hydrogens is 390 g/mol. The first-order valence-corrected chi connectivity index (χ1v) is 9.01. The van der Waals surface area contributed by atoms with Crippen LogP contribution in [0.1, 0.15) is 40.2 Å². The van der Waals surface area contributed by atoms with Crippen LogP contribution in [-0.4, -0.2) is 42.7 Å². The van der Waals surface area contributed by atoms with Crippen LogP contribution in [0.2, 0.25) is 0 Å². The molecule has 1 unspecified atom stereocenters. The molecule has 2 rings (SSSR count). The minimum atomic E-state index is -0.757. The van der Waals surface area contributed by atoms with Crippen LogP contribution in [0.5, 0.6) is 5.75 Å². The molecule has 2 atom stereocenters. The number of oxime groups is 1. The molecule has 0 saturated carbocycles. The predicted octanol–water partition coefficient (Wildman–Crippen LogP) is 3.70. The molecule has 0 amide bonds. The lowest BCUT2D eigenvalue weighted by Crippen LogP contribution is -2.34. The van der Waals surface area contributed by atoms with Crippen molar-refractivity contribution in [3.8, 4) is 5.75 Å². The standard InChI is InChI=1S/C18H24BrNO5/c1-6-22-15-10-23-20-16(15)13-9-12(19)7-8-14(13)24-11(2)17(21)25-18(3,4)5/h7-9,11,15H,6,10H2,1-5H3/t11-,15?/m0/s1. The lowest BCUT2D eigenvalue weighted by atomic mass is 10.0. The number of nitrogens with zero attached hydrogens (tertiary/aromatic N) is 1. The van der Waals surface area contributed by atoms with Crippen LogP contribution in [0.15, 0.2) is 27.8 Å². The van der Waals surface area contributed by atoms with Crippen molar-refractivity contribution in [2.45, 2.75) is 52.4 Å². The minimum absolute atomic E-state index is 0.265. The second-order valence-electron chi connectivity index (χ2n) is 6.65. The van der Waals surface area contributed by atoms with Crippen molar-refractivity contribution in [3.63, 3.8) is 0 Å². The zero-order valence-corrected chi connectivity index (χ0v) is 16.8. The lowest BCUT2D eigenvalue weighted by molar-refractivity contribution is -0.162. The second-order valence-corrected chi connectivity index (χ2v) is 7.57. The SMILES string of the molecule is CCOC1CON=C1c1cc(Br)ccc1O[C@@H](C)C(=O)OC(C)(C)C. The summed E-state index contributed by atoms with van der Waals surface area (Å²) in [6.45, 7) is 9.94. The highest BCUT2D eigenvalue weighted by Crippen LogP contribution is 2.28. The normalized spacial score (nSPS) is 18.3. The average molecular weight is 414 g/mol. The van der Waals surface area contributed by atoms with Gasteiger partial charge in [-0.1, -0.05) is 21.1 Å². The van der Waals surface area contributed by atoms with E-state index >= 15 is 0 Å². The third-order valence-electron chi connectivity index (χ3n) is 3.32. The van der Waals surface area contributed by atoms with Crippen LogP contribution in [-0.2, 0) is 19.1 Å². The average Bonchev–Trinajstić information content (AvgIpc) is 2.95. The molecule has 0 spiro atoms. The van der Waals surface area contributed by atoms with Crippen LogP contribution >= 0.6 is 15.9 Å². The first-order valence-electron chi connectivity index (χ1n) is 8.22. The van der Waals surface area contributed by atoms with Crippen molar-refractivity contribution in [1.82, 2.24) is 0 Å². The molecule has 25 heavy (non-hydrogen) atoms. The van der Waals surface area contributed by atoms with Gasteiger partial charge in [0.2, 0.25) is 0 Å². The summed E-state index contributed by atoms with van der Waals surface area (Å²) in [5.41, 5.74) is 0.802. The molecule has 138 valence electrons. The molecule has 7 heteroatoms. The van der Waals surface area contributed by atoms with Gasteiger partial charge in [-0.25, -0.2) is 4.79 Å². The van der Waals surface area contributed by atoms with Gasteiger partial charge in [-0.3, -0.25) is 0 Å². The lowest BCUT2D eigenvalue weighted by Gasteiger charge is -2.23. The number of benzene rings is 1. The Hall–Kier alpha value is -1.60. The number of carbonyl (C=O) groups excluding carboxylic acids is 1. The van der Waals surface area contributed by atoms with E-state index in [1.54, 1.807) is 13.0 Å². The molecule has 6 nitrogen and oxygen atoms in total. The summed E-state index contributed by atoms with van der Waals surface area (Å²) in [6, 6.07) is 5.49. The van der Waals surface area contributed by atoms with Crippen molar-refractivity contribution in [1.29, 1.82) is 0 Å². The van der Waals surface area contributed by atoms with Crippen LogP contribution in [0.3, 0.4) is 0 Å². The first kappa shape index (κ1) is 19.7. The fourth-order valence-electron chi connectivity index (χ4n) is 2.29. The number of hydrogen-bond acceptors (Lipinski definition) is 6. The van der Waals surface area contributed by atoms with Crippen LogP contribution in [0, 0.1) is 0 Å². The Balaban J connectivity index is 2.23. The fraction of sp³-hybridized carbons (Fsp3) is 0.556. The van der Waals surface area contributed by atoms with Crippen molar-refractivity contribution < 1.29 is 23.8 Å². The summed E-state index contributed by atoms with van der Waals surface area (Å²) in [5.74, 6) is 0.0999. The molecule has 1 aliphatic heterocycles. The van der Waals surface area contributed by atoms with Gasteiger partial charge in [-0.15, -0.1) is 0 Å². The fourth-order valence-corrected chi connectivity index (χ4v) is 2.65. The zero-order chi connectivity index (χ0) is 18.6. The molecule has 0 saturated heterocycles. The summed E-state index contributed by atoms with van der Waals surface area (Å²) < 4.78 is 17.8. The molecule has 1 aromatic rings. The monoisotopic (exact) mass is 413 g/mol. The molecule has 0 N–H and O–H groups in total. The number of carbonyl (C=O) groups is 1. The van der Waals surface area contributed by atoms with E-state index in [2.05, 4.69) is 21.1 Å². The van der Waals surface area contributed by atoms with E-state index in [4.69, 9.17) is 19.0 Å². The van der Waals surface area contributed by atoms with Gasteiger partial charge in [0.05, 0.1) is 0 Å². The van der Waals surface area contributed by atoms with Gasteiger partial charge in [-0.05, 0) is 52.8 Å². The molecule has 1 aliphatic rings. The Labute approximate surface area is 156 Å². The van der Waals surface area contributed by atoms with Gasteiger partial charge < -0.3 is 19.0 Å². The van der Waals surface area contributed by atoms with E-state index in [1.807, 2.05) is 39.8 Å². The van der Waals surface area contributed by atoms with E-state index in [0.717, 1.165) is 10.0 Å². The number of hydrogen-bond donors (Lipinski definition) is 0. The van der Waals surface area contributed by atoms with Gasteiger partial charge in [0, 0.05) is 16.6 Å². The highest BCUT2D eigenvalue weighted by Gasteiger charge is 2.30. The summed E-state index contributed by atoms with van der Waals surface area (Å²) in [6.07, 6.45) is -1.02. The highest BCUT2D eigenvalue weighted by molar-refractivity contribution is 9.10. The van der Waals surface area contributed by atoms with Crippen LogP contribution < -0.4 is 4.74 Å². The Bertz CT molecular complexity index is 653. The summed E-state index contributed by atoms with van der Waals surface area (Å²) in [4.78, 5) is 17.4. The second kappa shape index (κ2) is 8.19. The van der Waals surface area contributed by atoms with Gasteiger partial charge in [0.1, 0.15) is 29.8 Å². The largest absolute Gasteiger partial charge is 0.478 e. The molecular formula is C18H24BrNO5. The highest BCUT2D eigenvalue weighted by atomic mass is 79.9. The van der Waals surface area contributed by atoms with Crippen molar-refractivity contribution in [3.05, 3.63) is 28.2 Å². The predicted molar refractivity (Wildman–Crippen MR) is 98.0 cm³/mol.